The van der Waals surface area contributed by atoms with Crippen molar-refractivity contribution in [1.29, 1.82) is 0 Å². The molecule has 2 unspecified atom stereocenters. The number of nitrogens with two attached hydrogens (primary N) is 2. The molecule has 10 atom stereocenters. The standard InChI is InChI=1S/C12H17FN6O3.C12H17FN6O2.CH7O10P3/c1-12(13)7(21)5(3-20)22-10(12)19-4-16-6-8(15-2)17-11(14)18-9(6)19;1-5-7(20)12(2,13)10(21-5)19-4-16-6-8(15-3)17-11(14)18-9(6)19;1-9-13(5,6)11-14(7,8)10-12(2,3)4/h4-5,7,10,20-21H,3H2,1-2H3,(H3,14,15,17,18);4-5,7,10,20H,1-3H3,(H3,14,15,17,18);1H3,(H,5,6)(H,7,8)(H2,2,3,4)/t2*5-,7-,10-,12-;/m11./s1. The highest BCUT2D eigenvalue weighted by atomic mass is 31.3. The zero-order valence-electron chi connectivity index (χ0n) is 30.6. The van der Waals surface area contributed by atoms with Gasteiger partial charge in [-0.05, 0) is 20.8 Å². The van der Waals surface area contributed by atoms with E-state index in [1.54, 1.807) is 21.0 Å². The summed E-state index contributed by atoms with van der Waals surface area (Å²) in [7, 11) is -11.5. The highest BCUT2D eigenvalue weighted by molar-refractivity contribution is 7.66. The lowest BCUT2D eigenvalue weighted by molar-refractivity contribution is -0.0566. The molecule has 6 heterocycles. The maximum Gasteiger partial charge on any atom is 0.490 e. The molecule has 0 aliphatic carbocycles. The number of nitrogens with one attached hydrogen (secondary N) is 2. The number of fused-ring (bicyclic) bond motifs is 2. The Hall–Kier alpha value is -3.63. The molecule has 0 radical (unpaired) electrons. The number of ether oxygens (including phenoxy) is 2. The maximum absolute atomic E-state index is 14.9. The van der Waals surface area contributed by atoms with E-state index in [2.05, 4.69) is 53.7 Å². The predicted octanol–water partition coefficient (Wildman–Crippen LogP) is -0.155. The molecule has 2 aliphatic rings. The van der Waals surface area contributed by atoms with Gasteiger partial charge >= 0.3 is 23.5 Å². The predicted molar refractivity (Wildman–Crippen MR) is 191 cm³/mol. The first-order chi connectivity index (χ1) is 26.2. The summed E-state index contributed by atoms with van der Waals surface area (Å²) in [4.78, 5) is 57.7. The molecule has 2 aliphatic heterocycles. The number of aliphatic hydroxyl groups excluding tert-OH is 3. The van der Waals surface area contributed by atoms with Crippen LogP contribution in [0.5, 0.6) is 0 Å². The van der Waals surface area contributed by atoms with Gasteiger partial charge in [-0.15, -0.1) is 0 Å². The fourth-order valence-corrected chi connectivity index (χ4v) is 8.36. The monoisotopic (exact) mass is 880 g/mol. The number of hydrogen-bond acceptors (Lipinski definition) is 21. The van der Waals surface area contributed by atoms with Crippen LogP contribution in [0.4, 0.5) is 32.3 Å². The Labute approximate surface area is 319 Å². The van der Waals surface area contributed by atoms with Gasteiger partial charge in [-0.1, -0.05) is 0 Å². The second-order valence-corrected chi connectivity index (χ2v) is 16.9. The van der Waals surface area contributed by atoms with E-state index < -0.39 is 78.3 Å². The van der Waals surface area contributed by atoms with Crippen LogP contribution < -0.4 is 22.1 Å². The fourth-order valence-electron chi connectivity index (χ4n) is 5.59. The van der Waals surface area contributed by atoms with Gasteiger partial charge in [0.05, 0.1) is 25.4 Å². The third-order valence-corrected chi connectivity index (χ3v) is 12.0. The third-order valence-electron chi connectivity index (χ3n) is 8.25. The lowest BCUT2D eigenvalue weighted by atomic mass is 9.98. The Morgan fingerprint density at radius 3 is 1.60 bits per heavy atom. The molecule has 57 heavy (non-hydrogen) atoms. The summed E-state index contributed by atoms with van der Waals surface area (Å²) >= 11 is 0. The molecule has 320 valence electrons. The van der Waals surface area contributed by atoms with Crippen molar-refractivity contribution in [3.63, 3.8) is 0 Å². The molecule has 0 aromatic carbocycles. The Balaban J connectivity index is 0.000000195. The Morgan fingerprint density at radius 2 is 1.25 bits per heavy atom. The van der Waals surface area contributed by atoms with Crippen molar-refractivity contribution in [3.05, 3.63) is 12.7 Å². The van der Waals surface area contributed by atoms with Crippen molar-refractivity contribution in [2.75, 3.05) is 49.9 Å². The fraction of sp³-hybridized carbons (Fsp3) is 0.600. The van der Waals surface area contributed by atoms with Gasteiger partial charge in [0.25, 0.3) is 0 Å². The number of alkyl halides is 2. The first kappa shape index (κ1) is 46.1. The molecule has 13 N–H and O–H groups in total. The van der Waals surface area contributed by atoms with Crippen LogP contribution in [-0.2, 0) is 36.3 Å². The molecule has 0 spiro atoms. The van der Waals surface area contributed by atoms with E-state index in [4.69, 9.17) is 40.5 Å². The van der Waals surface area contributed by atoms with Crippen LogP contribution in [0, 0.1) is 0 Å². The molecule has 0 bridgehead atoms. The van der Waals surface area contributed by atoms with Crippen LogP contribution in [0.3, 0.4) is 0 Å². The van der Waals surface area contributed by atoms with Gasteiger partial charge in [0.1, 0.15) is 18.3 Å². The van der Waals surface area contributed by atoms with E-state index in [-0.39, 0.29) is 17.5 Å². The smallest absolute Gasteiger partial charge is 0.394 e. The Kier molecular flexibility index (Phi) is 13.7. The van der Waals surface area contributed by atoms with Crippen LogP contribution in [-0.4, -0.2) is 137 Å². The minimum Gasteiger partial charge on any atom is -0.394 e. The summed E-state index contributed by atoms with van der Waals surface area (Å²) in [6, 6.07) is 0. The highest BCUT2D eigenvalue weighted by Gasteiger charge is 2.55. The van der Waals surface area contributed by atoms with Gasteiger partial charge in [-0.3, -0.25) is 13.7 Å². The largest absolute Gasteiger partial charge is 0.490 e. The molecule has 32 heteroatoms. The quantitative estimate of drug-likeness (QED) is 0.0922. The first-order valence-electron chi connectivity index (χ1n) is 15.9. The average molecular weight is 881 g/mol. The van der Waals surface area contributed by atoms with Crippen LogP contribution >= 0.6 is 23.5 Å². The van der Waals surface area contributed by atoms with E-state index in [0.717, 1.165) is 0 Å². The lowest BCUT2D eigenvalue weighted by Gasteiger charge is -2.24. The van der Waals surface area contributed by atoms with E-state index in [1.807, 2.05) is 0 Å². The van der Waals surface area contributed by atoms with Crippen molar-refractivity contribution in [1.82, 2.24) is 39.0 Å². The minimum atomic E-state index is -5.35. The van der Waals surface area contributed by atoms with Crippen molar-refractivity contribution < 1.29 is 80.0 Å². The number of aliphatic hydroxyl groups is 3. The van der Waals surface area contributed by atoms with Crippen LogP contribution in [0.2, 0.25) is 0 Å². The van der Waals surface area contributed by atoms with Gasteiger partial charge in [-0.2, -0.15) is 28.6 Å². The van der Waals surface area contributed by atoms with Gasteiger partial charge in [0, 0.05) is 21.2 Å². The number of halogens is 2. The van der Waals surface area contributed by atoms with Crippen molar-refractivity contribution >= 4 is 69.3 Å². The molecule has 4 aromatic rings. The number of aromatic nitrogens is 8. The van der Waals surface area contributed by atoms with E-state index in [9.17, 15) is 37.8 Å². The number of phosphoric ester groups is 1. The normalized spacial score (nSPS) is 29.5. The number of phosphoric acid groups is 3. The van der Waals surface area contributed by atoms with E-state index >= 15 is 0 Å². The van der Waals surface area contributed by atoms with E-state index in [0.29, 0.717) is 35.4 Å². The number of anilines is 4. The molecule has 27 nitrogen and oxygen atoms in total. The molecule has 2 saturated heterocycles. The minimum absolute atomic E-state index is 0.00332. The van der Waals surface area contributed by atoms with Crippen LogP contribution in [0.15, 0.2) is 12.7 Å². The number of rotatable bonds is 10. The van der Waals surface area contributed by atoms with Gasteiger partial charge in [0.2, 0.25) is 11.9 Å². The van der Waals surface area contributed by atoms with Crippen molar-refractivity contribution in [3.8, 4) is 0 Å². The average Bonchev–Trinajstić information content (AvgIpc) is 3.82. The van der Waals surface area contributed by atoms with Crippen LogP contribution in [0.25, 0.3) is 22.3 Å². The molecule has 4 aromatic heterocycles. The zero-order valence-corrected chi connectivity index (χ0v) is 33.2. The number of hydrogen-bond donors (Lipinski definition) is 11. The third kappa shape index (κ3) is 9.98. The molecule has 6 rings (SSSR count). The second kappa shape index (κ2) is 16.9. The zero-order chi connectivity index (χ0) is 43.1. The Morgan fingerprint density at radius 1 is 0.807 bits per heavy atom. The summed E-state index contributed by atoms with van der Waals surface area (Å²) in [6.07, 6.45) is -3.84. The molecule has 2 fully saturated rings. The molecular weight excluding hydrogens is 839 g/mol. The summed E-state index contributed by atoms with van der Waals surface area (Å²) in [5.74, 6) is 0.889. The first-order valence-corrected chi connectivity index (χ1v) is 20.5. The second-order valence-electron chi connectivity index (χ2n) is 12.4. The van der Waals surface area contributed by atoms with Crippen LogP contribution in [0.1, 0.15) is 33.2 Å². The topological polar surface area (TPSA) is 402 Å². The van der Waals surface area contributed by atoms with Gasteiger partial charge in [-0.25, -0.2) is 32.4 Å². The molecule has 0 saturated carbocycles. The SMILES string of the molecule is CNc1nc(N)nc2c1ncn2[C@@H]1O[C@H](C)[C@@H](O)[C@@]1(C)F.CNc1nc(N)nc2c1ncn2[C@@H]1O[C@H](CO)[C@@H](O)[C@@]1(C)F.COP(=O)(O)OP(=O)(O)OP(=O)(O)O. The summed E-state index contributed by atoms with van der Waals surface area (Å²) in [6.45, 7) is 3.61. The summed E-state index contributed by atoms with van der Waals surface area (Å²) in [5.41, 5.74) is 8.70. The molecule has 0 amide bonds. The summed E-state index contributed by atoms with van der Waals surface area (Å²) in [5, 5.41) is 34.8. The highest BCUT2D eigenvalue weighted by Crippen LogP contribution is 2.66. The van der Waals surface area contributed by atoms with Gasteiger partial charge in [0.15, 0.2) is 57.8 Å². The molecular formula is C25H41F2N12O15P3. The summed E-state index contributed by atoms with van der Waals surface area (Å²) < 4.78 is 84.9. The number of nitrogens with zero attached hydrogens (tertiary/aromatic N) is 8. The Bertz CT molecular complexity index is 2210. The van der Waals surface area contributed by atoms with Crippen molar-refractivity contribution in [2.45, 2.75) is 69.0 Å². The van der Waals surface area contributed by atoms with E-state index in [1.165, 1.54) is 35.6 Å². The maximum atomic E-state index is 14.9. The van der Waals surface area contributed by atoms with Gasteiger partial charge < -0.3 is 66.5 Å². The lowest BCUT2D eigenvalue weighted by Crippen LogP contribution is -2.40. The number of imidazole rings is 2. The number of nitrogen functional groups attached to an aromatic ring is 2. The van der Waals surface area contributed by atoms with Crippen molar-refractivity contribution in [2.24, 2.45) is 0 Å².